The van der Waals surface area contributed by atoms with Crippen molar-refractivity contribution in [1.29, 1.82) is 0 Å². The molecule has 0 aliphatic rings. The summed E-state index contributed by atoms with van der Waals surface area (Å²) in [6.07, 6.45) is 0. The number of benzene rings is 3. The minimum Gasteiger partial charge on any atom is -0.326 e. The summed E-state index contributed by atoms with van der Waals surface area (Å²) < 4.78 is 27.8. The van der Waals surface area contributed by atoms with E-state index in [1.165, 1.54) is 37.3 Å². The second-order valence-electron chi connectivity index (χ2n) is 6.62. The number of anilines is 3. The molecule has 3 aromatic carbocycles. The Labute approximate surface area is 183 Å². The number of nitro benzene ring substituents is 1. The highest BCUT2D eigenvalue weighted by Gasteiger charge is 2.21. The van der Waals surface area contributed by atoms with Gasteiger partial charge in [-0.1, -0.05) is 24.3 Å². The second kappa shape index (κ2) is 9.27. The Balaban J connectivity index is 1.86. The average molecular weight is 454 g/mol. The van der Waals surface area contributed by atoms with Crippen LogP contribution in [0.1, 0.15) is 17.3 Å². The van der Waals surface area contributed by atoms with Gasteiger partial charge in [-0.3, -0.25) is 24.4 Å². The molecule has 0 heterocycles. The molecule has 0 spiro atoms. The second-order valence-corrected chi connectivity index (χ2v) is 8.30. The number of carbonyl (C=O) groups excluding carboxylic acids is 2. The Bertz CT molecular complexity index is 1310. The van der Waals surface area contributed by atoms with Crippen LogP contribution in [0.5, 0.6) is 0 Å². The normalized spacial score (nSPS) is 10.8. The van der Waals surface area contributed by atoms with Crippen molar-refractivity contribution in [3.63, 3.8) is 0 Å². The molecular weight excluding hydrogens is 436 g/mol. The maximum atomic E-state index is 12.8. The molecule has 164 valence electrons. The number of hydrogen-bond acceptors (Lipinski definition) is 6. The predicted octanol–water partition coefficient (Wildman–Crippen LogP) is 3.61. The highest BCUT2D eigenvalue weighted by Crippen LogP contribution is 2.24. The van der Waals surface area contributed by atoms with Crippen LogP contribution in [0.3, 0.4) is 0 Å². The van der Waals surface area contributed by atoms with Crippen LogP contribution in [-0.4, -0.2) is 25.2 Å². The first-order valence-corrected chi connectivity index (χ1v) is 10.7. The molecule has 3 N–H and O–H groups in total. The number of nitro groups is 1. The van der Waals surface area contributed by atoms with Crippen LogP contribution in [0.4, 0.5) is 22.7 Å². The maximum absolute atomic E-state index is 12.8. The first-order chi connectivity index (χ1) is 15.2. The van der Waals surface area contributed by atoms with Crippen LogP contribution in [-0.2, 0) is 14.8 Å². The van der Waals surface area contributed by atoms with Crippen molar-refractivity contribution in [2.24, 2.45) is 0 Å². The van der Waals surface area contributed by atoms with Gasteiger partial charge >= 0.3 is 0 Å². The van der Waals surface area contributed by atoms with Crippen LogP contribution < -0.4 is 15.4 Å². The summed E-state index contributed by atoms with van der Waals surface area (Å²) in [5.41, 5.74) is 0.520. The van der Waals surface area contributed by atoms with Gasteiger partial charge in [0.05, 0.1) is 21.1 Å². The number of para-hydroxylation sites is 1. The van der Waals surface area contributed by atoms with E-state index in [-0.39, 0.29) is 27.7 Å². The SMILES string of the molecule is CC(=O)Nc1cccc(NC(=O)c2ccccc2NS(=O)(=O)c2cccc([N+](=O)[O-])c2)c1. The van der Waals surface area contributed by atoms with Gasteiger partial charge in [-0.2, -0.15) is 0 Å². The summed E-state index contributed by atoms with van der Waals surface area (Å²) in [7, 11) is -4.20. The van der Waals surface area contributed by atoms with Crippen molar-refractivity contribution in [2.45, 2.75) is 11.8 Å². The van der Waals surface area contributed by atoms with Gasteiger partial charge in [0.15, 0.2) is 0 Å². The quantitative estimate of drug-likeness (QED) is 0.367. The summed E-state index contributed by atoms with van der Waals surface area (Å²) in [6.45, 7) is 1.36. The maximum Gasteiger partial charge on any atom is 0.270 e. The third kappa shape index (κ3) is 5.46. The average Bonchev–Trinajstić information content (AvgIpc) is 2.73. The molecule has 3 rings (SSSR count). The van der Waals surface area contributed by atoms with E-state index in [4.69, 9.17) is 0 Å². The summed E-state index contributed by atoms with van der Waals surface area (Å²) in [6, 6.07) is 17.0. The largest absolute Gasteiger partial charge is 0.326 e. The summed E-state index contributed by atoms with van der Waals surface area (Å²) >= 11 is 0. The highest BCUT2D eigenvalue weighted by atomic mass is 32.2. The first-order valence-electron chi connectivity index (χ1n) is 9.21. The Kier molecular flexibility index (Phi) is 6.50. The molecule has 0 bridgehead atoms. The molecule has 32 heavy (non-hydrogen) atoms. The monoisotopic (exact) mass is 454 g/mol. The van der Waals surface area contributed by atoms with E-state index in [0.717, 1.165) is 6.07 Å². The molecule has 0 aliphatic carbocycles. The van der Waals surface area contributed by atoms with Crippen molar-refractivity contribution < 1.29 is 22.9 Å². The third-order valence-electron chi connectivity index (χ3n) is 4.20. The van der Waals surface area contributed by atoms with Crippen molar-refractivity contribution in [3.05, 3.63) is 88.5 Å². The Morgan fingerprint density at radius 3 is 2.22 bits per heavy atom. The molecule has 0 unspecified atom stereocenters. The zero-order chi connectivity index (χ0) is 23.3. The van der Waals surface area contributed by atoms with Gasteiger partial charge in [-0.05, 0) is 36.4 Å². The Morgan fingerprint density at radius 1 is 0.875 bits per heavy atom. The fourth-order valence-electron chi connectivity index (χ4n) is 2.81. The number of nitrogens with one attached hydrogen (secondary N) is 3. The molecular formula is C21H18N4O6S. The fourth-order valence-corrected chi connectivity index (χ4v) is 3.93. The van der Waals surface area contributed by atoms with Gasteiger partial charge in [0, 0.05) is 30.4 Å². The van der Waals surface area contributed by atoms with Gasteiger partial charge < -0.3 is 10.6 Å². The lowest BCUT2D eigenvalue weighted by atomic mass is 10.1. The minimum atomic E-state index is -4.20. The van der Waals surface area contributed by atoms with Crippen LogP contribution in [0.2, 0.25) is 0 Å². The van der Waals surface area contributed by atoms with Crippen LogP contribution >= 0.6 is 0 Å². The van der Waals surface area contributed by atoms with Crippen molar-refractivity contribution in [1.82, 2.24) is 0 Å². The zero-order valence-electron chi connectivity index (χ0n) is 16.7. The number of rotatable bonds is 7. The summed E-state index contributed by atoms with van der Waals surface area (Å²) in [4.78, 5) is 34.0. The lowest BCUT2D eigenvalue weighted by molar-refractivity contribution is -0.385. The molecule has 0 aliphatic heterocycles. The molecule has 0 aromatic heterocycles. The number of hydrogen-bond donors (Lipinski definition) is 3. The van der Waals surface area contributed by atoms with Crippen LogP contribution in [0.25, 0.3) is 0 Å². The highest BCUT2D eigenvalue weighted by molar-refractivity contribution is 7.92. The molecule has 2 amide bonds. The fraction of sp³-hybridized carbons (Fsp3) is 0.0476. The van der Waals surface area contributed by atoms with Gasteiger partial charge in [0.2, 0.25) is 5.91 Å². The molecule has 0 atom stereocenters. The topological polar surface area (TPSA) is 148 Å². The van der Waals surface area contributed by atoms with E-state index in [0.29, 0.717) is 11.4 Å². The Hall–Kier alpha value is -4.25. The molecule has 0 radical (unpaired) electrons. The van der Waals surface area contributed by atoms with Gasteiger partial charge in [0.25, 0.3) is 21.6 Å². The number of non-ortho nitro benzene ring substituents is 1. The molecule has 3 aromatic rings. The van der Waals surface area contributed by atoms with E-state index in [1.807, 2.05) is 0 Å². The van der Waals surface area contributed by atoms with Crippen molar-refractivity contribution >= 4 is 44.6 Å². The van der Waals surface area contributed by atoms with E-state index in [9.17, 15) is 28.1 Å². The summed E-state index contributed by atoms with van der Waals surface area (Å²) in [5.74, 6) is -0.864. The van der Waals surface area contributed by atoms with E-state index < -0.39 is 20.9 Å². The summed E-state index contributed by atoms with van der Waals surface area (Å²) in [5, 5.41) is 16.2. The number of amides is 2. The zero-order valence-corrected chi connectivity index (χ0v) is 17.5. The third-order valence-corrected chi connectivity index (χ3v) is 5.56. The Morgan fingerprint density at radius 2 is 1.53 bits per heavy atom. The van der Waals surface area contributed by atoms with Crippen molar-refractivity contribution in [3.8, 4) is 0 Å². The van der Waals surface area contributed by atoms with E-state index in [1.54, 1.807) is 36.4 Å². The lowest BCUT2D eigenvalue weighted by Crippen LogP contribution is -2.18. The molecule has 11 heteroatoms. The van der Waals surface area contributed by atoms with Crippen molar-refractivity contribution in [2.75, 3.05) is 15.4 Å². The van der Waals surface area contributed by atoms with E-state index in [2.05, 4.69) is 15.4 Å². The van der Waals surface area contributed by atoms with Crippen LogP contribution in [0.15, 0.2) is 77.7 Å². The molecule has 0 fully saturated rings. The lowest BCUT2D eigenvalue weighted by Gasteiger charge is -2.13. The standard InChI is InChI=1S/C21H18N4O6S/c1-14(26)22-15-6-4-7-16(12-15)23-21(27)19-10-2-3-11-20(19)24-32(30,31)18-9-5-8-17(13-18)25(28)29/h2-13,24H,1H3,(H,22,26)(H,23,27). The van der Waals surface area contributed by atoms with Gasteiger partial charge in [0.1, 0.15) is 0 Å². The number of carbonyl (C=O) groups is 2. The first kappa shape index (κ1) is 22.4. The molecule has 10 nitrogen and oxygen atoms in total. The molecule has 0 saturated heterocycles. The minimum absolute atomic E-state index is 0.00507. The van der Waals surface area contributed by atoms with Crippen LogP contribution in [0, 0.1) is 10.1 Å². The molecule has 0 saturated carbocycles. The predicted molar refractivity (Wildman–Crippen MR) is 119 cm³/mol. The van der Waals surface area contributed by atoms with Gasteiger partial charge in [-0.25, -0.2) is 8.42 Å². The number of nitrogens with zero attached hydrogens (tertiary/aromatic N) is 1. The smallest absolute Gasteiger partial charge is 0.270 e. The van der Waals surface area contributed by atoms with E-state index >= 15 is 0 Å². The number of sulfonamides is 1. The van der Waals surface area contributed by atoms with Gasteiger partial charge in [-0.15, -0.1) is 0 Å².